The van der Waals surface area contributed by atoms with E-state index in [0.717, 1.165) is 40.7 Å². The molecule has 0 saturated heterocycles. The van der Waals surface area contributed by atoms with Crippen molar-refractivity contribution >= 4 is 17.7 Å². The normalized spacial score (nSPS) is 20.2. The van der Waals surface area contributed by atoms with Crippen LogP contribution in [0.2, 0.25) is 0 Å². The van der Waals surface area contributed by atoms with E-state index in [2.05, 4.69) is 30.2 Å². The highest BCUT2D eigenvalue weighted by atomic mass is 32.2. The quantitative estimate of drug-likeness (QED) is 0.769. The van der Waals surface area contributed by atoms with Gasteiger partial charge in [-0.3, -0.25) is 9.78 Å². The van der Waals surface area contributed by atoms with E-state index in [0.29, 0.717) is 6.04 Å². The van der Waals surface area contributed by atoms with Crippen LogP contribution in [0.5, 0.6) is 0 Å². The predicted molar refractivity (Wildman–Crippen MR) is 104 cm³/mol. The molecule has 0 atom stereocenters. The van der Waals surface area contributed by atoms with Gasteiger partial charge in [0.1, 0.15) is 0 Å². The van der Waals surface area contributed by atoms with Crippen LogP contribution in [0.25, 0.3) is 0 Å². The van der Waals surface area contributed by atoms with Crippen molar-refractivity contribution in [3.63, 3.8) is 0 Å². The third kappa shape index (κ3) is 5.08. The van der Waals surface area contributed by atoms with Gasteiger partial charge >= 0.3 is 0 Å². The summed E-state index contributed by atoms with van der Waals surface area (Å²) in [7, 11) is 0. The molecule has 0 bridgehead atoms. The number of benzene rings is 1. The molecule has 1 aliphatic rings. The fourth-order valence-corrected chi connectivity index (χ4v) is 4.23. The molecule has 0 spiro atoms. The van der Waals surface area contributed by atoms with Crippen molar-refractivity contribution < 1.29 is 4.79 Å². The standard InChI is InChI=1S/C21H26N2OS/c1-15-7-9-17(10-8-15)23-21(24)19-5-3-4-6-20(19)25-14-18-13-16(2)11-12-22-18/h3-6,11-13,15,17H,7-10,14H2,1-2H3,(H,23,24). The number of thioether (sulfide) groups is 1. The van der Waals surface area contributed by atoms with Crippen LogP contribution in [0, 0.1) is 12.8 Å². The maximum absolute atomic E-state index is 12.7. The topological polar surface area (TPSA) is 42.0 Å². The number of nitrogens with one attached hydrogen (secondary N) is 1. The van der Waals surface area contributed by atoms with E-state index in [1.54, 1.807) is 11.8 Å². The molecular formula is C21H26N2OS. The van der Waals surface area contributed by atoms with Gasteiger partial charge in [-0.1, -0.05) is 19.1 Å². The summed E-state index contributed by atoms with van der Waals surface area (Å²) >= 11 is 1.68. The van der Waals surface area contributed by atoms with Gasteiger partial charge in [-0.15, -0.1) is 11.8 Å². The number of aryl methyl sites for hydroxylation is 1. The predicted octanol–water partition coefficient (Wildman–Crippen LogP) is 4.99. The van der Waals surface area contributed by atoms with Gasteiger partial charge in [0, 0.05) is 22.9 Å². The summed E-state index contributed by atoms with van der Waals surface area (Å²) in [5, 5.41) is 3.24. The van der Waals surface area contributed by atoms with Crippen LogP contribution in [0.15, 0.2) is 47.5 Å². The van der Waals surface area contributed by atoms with E-state index < -0.39 is 0 Å². The highest BCUT2D eigenvalue weighted by molar-refractivity contribution is 7.98. The number of aromatic nitrogens is 1. The Labute approximate surface area is 154 Å². The second-order valence-electron chi connectivity index (χ2n) is 7.04. The van der Waals surface area contributed by atoms with Crippen LogP contribution in [0.4, 0.5) is 0 Å². The van der Waals surface area contributed by atoms with Crippen molar-refractivity contribution in [3.8, 4) is 0 Å². The molecule has 2 aromatic rings. The number of hydrogen-bond acceptors (Lipinski definition) is 3. The van der Waals surface area contributed by atoms with E-state index in [1.165, 1.54) is 18.4 Å². The third-order valence-electron chi connectivity index (χ3n) is 4.83. The maximum Gasteiger partial charge on any atom is 0.252 e. The van der Waals surface area contributed by atoms with E-state index in [9.17, 15) is 4.79 Å². The van der Waals surface area contributed by atoms with Crippen LogP contribution in [0.3, 0.4) is 0 Å². The molecule has 3 nitrogen and oxygen atoms in total. The summed E-state index contributed by atoms with van der Waals surface area (Å²) in [6.45, 7) is 4.37. The lowest BCUT2D eigenvalue weighted by Crippen LogP contribution is -2.37. The SMILES string of the molecule is Cc1ccnc(CSc2ccccc2C(=O)NC2CCC(C)CC2)c1. The smallest absolute Gasteiger partial charge is 0.252 e. The lowest BCUT2D eigenvalue weighted by atomic mass is 9.87. The average molecular weight is 355 g/mol. The van der Waals surface area contributed by atoms with E-state index in [1.807, 2.05) is 36.5 Å². The summed E-state index contributed by atoms with van der Waals surface area (Å²) in [5.41, 5.74) is 3.03. The molecule has 1 amide bonds. The highest BCUT2D eigenvalue weighted by Crippen LogP contribution is 2.27. The molecule has 1 fully saturated rings. The van der Waals surface area contributed by atoms with Crippen molar-refractivity contribution in [1.82, 2.24) is 10.3 Å². The minimum atomic E-state index is 0.0554. The molecular weight excluding hydrogens is 328 g/mol. The summed E-state index contributed by atoms with van der Waals surface area (Å²) < 4.78 is 0. The van der Waals surface area contributed by atoms with Crippen LogP contribution in [-0.2, 0) is 5.75 Å². The summed E-state index contributed by atoms with van der Waals surface area (Å²) in [6.07, 6.45) is 6.44. The van der Waals surface area contributed by atoms with Crippen LogP contribution in [0.1, 0.15) is 54.2 Å². The maximum atomic E-state index is 12.7. The zero-order chi connectivity index (χ0) is 17.6. The molecule has 1 heterocycles. The Morgan fingerprint density at radius 2 is 1.96 bits per heavy atom. The number of pyridine rings is 1. The molecule has 0 radical (unpaired) electrons. The summed E-state index contributed by atoms with van der Waals surface area (Å²) in [4.78, 5) is 18.2. The Kier molecular flexibility index (Phi) is 6.14. The average Bonchev–Trinajstić information content (AvgIpc) is 2.62. The zero-order valence-corrected chi connectivity index (χ0v) is 15.8. The Bertz CT molecular complexity index is 723. The fourth-order valence-electron chi connectivity index (χ4n) is 3.28. The minimum absolute atomic E-state index is 0.0554. The molecule has 0 aliphatic heterocycles. The van der Waals surface area contributed by atoms with Gasteiger partial charge in [0.2, 0.25) is 0 Å². The number of nitrogens with zero attached hydrogens (tertiary/aromatic N) is 1. The number of amides is 1. The van der Waals surface area contributed by atoms with Crippen LogP contribution >= 0.6 is 11.8 Å². The van der Waals surface area contributed by atoms with Gasteiger partial charge in [-0.25, -0.2) is 0 Å². The van der Waals surface area contributed by atoms with Crippen LogP contribution < -0.4 is 5.32 Å². The van der Waals surface area contributed by atoms with Gasteiger partial charge in [-0.05, 0) is 68.4 Å². The number of hydrogen-bond donors (Lipinski definition) is 1. The van der Waals surface area contributed by atoms with E-state index in [-0.39, 0.29) is 5.91 Å². The minimum Gasteiger partial charge on any atom is -0.349 e. The van der Waals surface area contributed by atoms with E-state index >= 15 is 0 Å². The first-order chi connectivity index (χ1) is 12.1. The lowest BCUT2D eigenvalue weighted by molar-refractivity contribution is 0.0920. The molecule has 25 heavy (non-hydrogen) atoms. The van der Waals surface area contributed by atoms with Gasteiger partial charge in [0.15, 0.2) is 0 Å². The molecule has 0 unspecified atom stereocenters. The molecule has 132 valence electrons. The number of carbonyl (C=O) groups is 1. The second kappa shape index (κ2) is 8.52. The van der Waals surface area contributed by atoms with Gasteiger partial charge < -0.3 is 5.32 Å². The fraction of sp³-hybridized carbons (Fsp3) is 0.429. The first kappa shape index (κ1) is 18.0. The van der Waals surface area contributed by atoms with Gasteiger partial charge in [0.25, 0.3) is 5.91 Å². The van der Waals surface area contributed by atoms with Gasteiger partial charge in [0.05, 0.1) is 11.3 Å². The Hall–Kier alpha value is -1.81. The van der Waals surface area contributed by atoms with Crippen LogP contribution in [-0.4, -0.2) is 16.9 Å². The molecule has 1 N–H and O–H groups in total. The van der Waals surface area contributed by atoms with Gasteiger partial charge in [-0.2, -0.15) is 0 Å². The second-order valence-corrected chi connectivity index (χ2v) is 8.06. The lowest BCUT2D eigenvalue weighted by Gasteiger charge is -2.27. The highest BCUT2D eigenvalue weighted by Gasteiger charge is 2.21. The number of rotatable bonds is 5. The summed E-state index contributed by atoms with van der Waals surface area (Å²) in [6, 6.07) is 12.3. The monoisotopic (exact) mass is 354 g/mol. The first-order valence-corrected chi connectivity index (χ1v) is 10.0. The van der Waals surface area contributed by atoms with Crippen molar-refractivity contribution in [3.05, 3.63) is 59.4 Å². The number of carbonyl (C=O) groups excluding carboxylic acids is 1. The van der Waals surface area contributed by atoms with Crippen molar-refractivity contribution in [1.29, 1.82) is 0 Å². The molecule has 4 heteroatoms. The third-order valence-corrected chi connectivity index (χ3v) is 5.94. The zero-order valence-electron chi connectivity index (χ0n) is 15.0. The Morgan fingerprint density at radius 3 is 2.72 bits per heavy atom. The van der Waals surface area contributed by atoms with Crippen molar-refractivity contribution in [2.75, 3.05) is 0 Å². The molecule has 1 aromatic heterocycles. The largest absolute Gasteiger partial charge is 0.349 e. The molecule has 1 aliphatic carbocycles. The Morgan fingerprint density at radius 1 is 1.20 bits per heavy atom. The molecule has 1 saturated carbocycles. The molecule has 1 aromatic carbocycles. The van der Waals surface area contributed by atoms with Crippen molar-refractivity contribution in [2.45, 2.75) is 56.2 Å². The Balaban J connectivity index is 1.64. The van der Waals surface area contributed by atoms with E-state index in [4.69, 9.17) is 0 Å². The van der Waals surface area contributed by atoms with Crippen molar-refractivity contribution in [2.24, 2.45) is 5.92 Å². The summed E-state index contributed by atoms with van der Waals surface area (Å²) in [5.74, 6) is 1.62. The molecule has 3 rings (SSSR count). The first-order valence-electron chi connectivity index (χ1n) is 9.06.